The molecule has 4 rings (SSSR count). The average molecular weight is 557 g/mol. The molecule has 0 atom stereocenters. The molecule has 0 fully saturated rings. The van der Waals surface area contributed by atoms with Crippen molar-refractivity contribution in [3.05, 3.63) is 54.2 Å². The fourth-order valence-corrected chi connectivity index (χ4v) is 3.62. The van der Waals surface area contributed by atoms with Gasteiger partial charge in [0.25, 0.3) is 11.8 Å². The number of phenolic OH excluding ortho intramolecular Hbond substituents is 1. The van der Waals surface area contributed by atoms with Crippen LogP contribution in [0.5, 0.6) is 17.4 Å². The SMILES string of the molecule is CC#CCn1cc(-c2cnc3c(Oc4ccc(C(=O)NCC(=O)NCCO)c(O)c4)nccn23)c(C(F)(F)F)n1. The van der Waals surface area contributed by atoms with Crippen LogP contribution in [0.2, 0.25) is 0 Å². The van der Waals surface area contributed by atoms with Crippen molar-refractivity contribution in [3.63, 3.8) is 0 Å². The second-order valence-electron chi connectivity index (χ2n) is 8.12. The first-order valence-electron chi connectivity index (χ1n) is 11.7. The first kappa shape index (κ1) is 27.9. The normalized spacial score (nSPS) is 11.1. The Balaban J connectivity index is 1.58. The first-order valence-corrected chi connectivity index (χ1v) is 11.7. The van der Waals surface area contributed by atoms with Crippen molar-refractivity contribution < 1.29 is 37.7 Å². The maximum absolute atomic E-state index is 13.7. The molecule has 0 radical (unpaired) electrons. The summed E-state index contributed by atoms with van der Waals surface area (Å²) in [6, 6.07) is 3.75. The van der Waals surface area contributed by atoms with E-state index in [0.29, 0.717) is 0 Å². The fraction of sp³-hybridized carbons (Fsp3) is 0.240. The minimum atomic E-state index is -4.73. The molecule has 0 spiro atoms. The molecule has 40 heavy (non-hydrogen) atoms. The van der Waals surface area contributed by atoms with Gasteiger partial charge in [-0.3, -0.25) is 18.7 Å². The predicted molar refractivity (Wildman–Crippen MR) is 133 cm³/mol. The number of rotatable bonds is 9. The summed E-state index contributed by atoms with van der Waals surface area (Å²) in [5.41, 5.74) is -1.28. The van der Waals surface area contributed by atoms with E-state index in [4.69, 9.17) is 9.84 Å². The van der Waals surface area contributed by atoms with Crippen molar-refractivity contribution in [3.8, 4) is 40.5 Å². The number of alkyl halides is 3. The lowest BCUT2D eigenvalue weighted by atomic mass is 10.2. The third-order valence-electron chi connectivity index (χ3n) is 5.39. The number of phenols is 1. The number of amides is 2. The van der Waals surface area contributed by atoms with Crippen LogP contribution in [-0.2, 0) is 17.5 Å². The molecule has 0 aliphatic heterocycles. The van der Waals surface area contributed by atoms with Crippen LogP contribution in [0.15, 0.2) is 43.0 Å². The number of carbonyl (C=O) groups is 2. The topological polar surface area (TPSA) is 156 Å². The number of carbonyl (C=O) groups excluding carboxylic acids is 2. The first-order chi connectivity index (χ1) is 19.1. The maximum Gasteiger partial charge on any atom is 0.435 e. The molecule has 0 unspecified atom stereocenters. The highest BCUT2D eigenvalue weighted by Gasteiger charge is 2.38. The van der Waals surface area contributed by atoms with Crippen molar-refractivity contribution in [2.45, 2.75) is 19.6 Å². The largest absolute Gasteiger partial charge is 0.507 e. The van der Waals surface area contributed by atoms with E-state index >= 15 is 0 Å². The summed E-state index contributed by atoms with van der Waals surface area (Å²) < 4.78 is 49.4. The van der Waals surface area contributed by atoms with E-state index in [0.717, 1.165) is 10.7 Å². The number of aromatic hydroxyl groups is 1. The Morgan fingerprint density at radius 1 is 1.20 bits per heavy atom. The van der Waals surface area contributed by atoms with Crippen LogP contribution in [0.25, 0.3) is 16.9 Å². The van der Waals surface area contributed by atoms with Gasteiger partial charge in [-0.1, -0.05) is 5.92 Å². The maximum atomic E-state index is 13.7. The number of imidazole rings is 1. The van der Waals surface area contributed by atoms with Crippen LogP contribution in [0.4, 0.5) is 13.2 Å². The summed E-state index contributed by atoms with van der Waals surface area (Å²) >= 11 is 0. The highest BCUT2D eigenvalue weighted by molar-refractivity contribution is 5.98. The molecule has 12 nitrogen and oxygen atoms in total. The molecule has 15 heteroatoms. The smallest absolute Gasteiger partial charge is 0.435 e. The third kappa shape index (κ3) is 6.13. The van der Waals surface area contributed by atoms with Gasteiger partial charge in [0, 0.05) is 31.2 Å². The summed E-state index contributed by atoms with van der Waals surface area (Å²) in [5.74, 6) is 3.55. The van der Waals surface area contributed by atoms with E-state index in [1.54, 1.807) is 6.92 Å². The van der Waals surface area contributed by atoms with E-state index in [2.05, 4.69) is 37.5 Å². The Hall–Kier alpha value is -5.10. The van der Waals surface area contributed by atoms with E-state index in [-0.39, 0.29) is 60.3 Å². The zero-order valence-electron chi connectivity index (χ0n) is 20.9. The van der Waals surface area contributed by atoms with E-state index in [1.807, 2.05) is 0 Å². The number of nitrogens with zero attached hydrogens (tertiary/aromatic N) is 5. The summed E-state index contributed by atoms with van der Waals surface area (Å²) in [6.07, 6.45) is 0.446. The van der Waals surface area contributed by atoms with Crippen LogP contribution < -0.4 is 15.4 Å². The minimum absolute atomic E-state index is 0.0271. The molecular formula is C25H22F3N7O5. The zero-order chi connectivity index (χ0) is 28.9. The van der Waals surface area contributed by atoms with Gasteiger partial charge in [-0.15, -0.1) is 5.92 Å². The van der Waals surface area contributed by atoms with Gasteiger partial charge >= 0.3 is 6.18 Å². The molecule has 0 bridgehead atoms. The molecule has 2 amide bonds. The van der Waals surface area contributed by atoms with E-state index in [1.165, 1.54) is 41.3 Å². The molecular weight excluding hydrogens is 535 g/mol. The molecule has 3 aromatic heterocycles. The molecule has 1 aromatic carbocycles. The molecule has 4 aromatic rings. The van der Waals surface area contributed by atoms with Crippen LogP contribution in [0.1, 0.15) is 23.0 Å². The molecule has 0 saturated carbocycles. The number of aliphatic hydroxyl groups is 1. The second-order valence-corrected chi connectivity index (χ2v) is 8.12. The predicted octanol–water partition coefficient (Wildman–Crippen LogP) is 1.97. The number of halogens is 3. The number of aliphatic hydroxyl groups excluding tert-OH is 1. The van der Waals surface area contributed by atoms with E-state index < -0.39 is 29.4 Å². The fourth-order valence-electron chi connectivity index (χ4n) is 3.62. The van der Waals surface area contributed by atoms with Crippen molar-refractivity contribution in [2.24, 2.45) is 0 Å². The second kappa shape index (κ2) is 11.7. The quantitative estimate of drug-likeness (QED) is 0.228. The van der Waals surface area contributed by atoms with Crippen molar-refractivity contribution in [2.75, 3.05) is 19.7 Å². The lowest BCUT2D eigenvalue weighted by molar-refractivity contribution is -0.141. The lowest BCUT2D eigenvalue weighted by Gasteiger charge is -2.10. The van der Waals surface area contributed by atoms with Gasteiger partial charge < -0.3 is 25.6 Å². The van der Waals surface area contributed by atoms with Crippen molar-refractivity contribution >= 4 is 17.5 Å². The Kier molecular flexibility index (Phi) is 8.20. The molecule has 3 heterocycles. The van der Waals surface area contributed by atoms with Crippen molar-refractivity contribution in [1.82, 2.24) is 34.8 Å². The van der Waals surface area contributed by atoms with Gasteiger partial charge in [-0.2, -0.15) is 18.3 Å². The molecule has 4 N–H and O–H groups in total. The number of fused-ring (bicyclic) bond motifs is 1. The van der Waals surface area contributed by atoms with Gasteiger partial charge in [0.1, 0.15) is 18.0 Å². The number of aromatic nitrogens is 5. The van der Waals surface area contributed by atoms with Gasteiger partial charge in [0.05, 0.1) is 36.2 Å². The highest BCUT2D eigenvalue weighted by atomic mass is 19.4. The van der Waals surface area contributed by atoms with Gasteiger partial charge in [-0.05, 0) is 19.1 Å². The number of ether oxygens (including phenoxy) is 1. The summed E-state index contributed by atoms with van der Waals surface area (Å²) in [4.78, 5) is 32.2. The highest BCUT2D eigenvalue weighted by Crippen LogP contribution is 2.37. The van der Waals surface area contributed by atoms with Crippen LogP contribution >= 0.6 is 0 Å². The molecule has 0 saturated heterocycles. The monoisotopic (exact) mass is 557 g/mol. The Morgan fingerprint density at radius 2 is 2.00 bits per heavy atom. The summed E-state index contributed by atoms with van der Waals surface area (Å²) in [6.45, 7) is 0.954. The molecule has 0 aliphatic rings. The van der Waals surface area contributed by atoms with Gasteiger partial charge in [0.2, 0.25) is 11.6 Å². The van der Waals surface area contributed by atoms with Crippen molar-refractivity contribution in [1.29, 1.82) is 0 Å². The zero-order valence-corrected chi connectivity index (χ0v) is 20.9. The van der Waals surface area contributed by atoms with Gasteiger partial charge in [-0.25, -0.2) is 9.97 Å². The Morgan fingerprint density at radius 3 is 2.70 bits per heavy atom. The third-order valence-corrected chi connectivity index (χ3v) is 5.39. The lowest BCUT2D eigenvalue weighted by Crippen LogP contribution is -2.38. The van der Waals surface area contributed by atoms with Gasteiger partial charge in [0.15, 0.2) is 5.69 Å². The average Bonchev–Trinajstić information content (AvgIpc) is 3.54. The Labute approximate surface area is 224 Å². The number of nitrogens with one attached hydrogen (secondary N) is 2. The summed E-state index contributed by atoms with van der Waals surface area (Å²) in [5, 5.41) is 27.4. The molecule has 208 valence electrons. The van der Waals surface area contributed by atoms with E-state index in [9.17, 15) is 27.9 Å². The van der Waals surface area contributed by atoms with Crippen LogP contribution in [-0.4, -0.2) is 65.9 Å². The Bertz CT molecular complexity index is 1620. The number of hydrogen-bond donors (Lipinski definition) is 4. The number of hydrogen-bond acceptors (Lipinski definition) is 8. The van der Waals surface area contributed by atoms with Crippen LogP contribution in [0, 0.1) is 11.8 Å². The standard InChI is InChI=1S/C25H22F3N7O5/c1-2-3-8-34-14-17(21(33-34)25(26,27)28)18-12-31-22-24(30-6-9-35(18)22)40-15-4-5-16(19(37)11-15)23(39)32-13-20(38)29-7-10-36/h4-6,9,11-12,14,36-37H,7-8,10,13H2,1H3,(H,29,38)(H,32,39). The van der Waals surface area contributed by atoms with Crippen LogP contribution in [0.3, 0.4) is 0 Å². The molecule has 0 aliphatic carbocycles. The minimum Gasteiger partial charge on any atom is -0.507 e. The number of benzene rings is 1. The summed E-state index contributed by atoms with van der Waals surface area (Å²) in [7, 11) is 0.